The minimum atomic E-state index is -3.90. The van der Waals surface area contributed by atoms with Crippen LogP contribution in [0.1, 0.15) is 70.4 Å². The summed E-state index contributed by atoms with van der Waals surface area (Å²) in [5.41, 5.74) is 1.96. The highest BCUT2D eigenvalue weighted by atomic mass is 32.2. The lowest BCUT2D eigenvalue weighted by Crippen LogP contribution is -2.60. The Morgan fingerprint density at radius 1 is 1.02 bits per heavy atom. The van der Waals surface area contributed by atoms with Gasteiger partial charge in [-0.3, -0.25) is 23.9 Å². The van der Waals surface area contributed by atoms with Crippen molar-refractivity contribution in [1.82, 2.24) is 25.6 Å². The van der Waals surface area contributed by atoms with E-state index in [9.17, 15) is 32.4 Å². The van der Waals surface area contributed by atoms with E-state index in [1.165, 1.54) is 17.9 Å². The summed E-state index contributed by atoms with van der Waals surface area (Å²) in [7, 11) is -3.90. The van der Waals surface area contributed by atoms with Crippen molar-refractivity contribution in [3.8, 4) is 11.1 Å². The zero-order valence-corrected chi connectivity index (χ0v) is 30.0. The summed E-state index contributed by atoms with van der Waals surface area (Å²) in [4.78, 5) is 68.2. The summed E-state index contributed by atoms with van der Waals surface area (Å²) in [6.45, 7) is 10.4. The molecule has 3 aliphatic carbocycles. The van der Waals surface area contributed by atoms with Crippen LogP contribution in [0, 0.1) is 11.3 Å². The van der Waals surface area contributed by atoms with Crippen LogP contribution < -0.4 is 20.7 Å². The molecule has 0 spiro atoms. The van der Waals surface area contributed by atoms with Gasteiger partial charge < -0.3 is 25.6 Å². The third-order valence-corrected chi connectivity index (χ3v) is 12.1. The zero-order chi connectivity index (χ0) is 36.9. The van der Waals surface area contributed by atoms with Crippen LogP contribution >= 0.6 is 0 Å². The predicted molar refractivity (Wildman–Crippen MR) is 188 cm³/mol. The van der Waals surface area contributed by atoms with Crippen LogP contribution in [0.2, 0.25) is 0 Å². The first-order valence-corrected chi connectivity index (χ1v) is 18.8. The molecule has 6 rings (SSSR count). The lowest BCUT2D eigenvalue weighted by atomic mass is 9.85. The molecule has 1 aliphatic heterocycles. The lowest BCUT2D eigenvalue weighted by Gasteiger charge is -2.35. The summed E-state index contributed by atoms with van der Waals surface area (Å²) >= 11 is 0. The van der Waals surface area contributed by atoms with E-state index in [0.717, 1.165) is 22.3 Å². The Kier molecular flexibility index (Phi) is 9.51. The molecule has 14 heteroatoms. The number of carbonyl (C=O) groups is 5. The quantitative estimate of drug-likeness (QED) is 0.256. The number of hydrogen-bond donors (Lipinski definition) is 4. The van der Waals surface area contributed by atoms with Crippen LogP contribution in [0.5, 0.6) is 0 Å². The molecule has 272 valence electrons. The van der Waals surface area contributed by atoms with Gasteiger partial charge in [0.15, 0.2) is 0 Å². The monoisotopic (exact) mass is 719 g/mol. The molecule has 5 amide bonds. The fraction of sp³-hybridized carbons (Fsp3) is 0.486. The molecule has 4 N–H and O–H groups in total. The molecule has 0 radical (unpaired) electrons. The predicted octanol–water partition coefficient (Wildman–Crippen LogP) is 2.71. The van der Waals surface area contributed by atoms with E-state index in [1.807, 2.05) is 48.5 Å². The van der Waals surface area contributed by atoms with Gasteiger partial charge in [0.2, 0.25) is 27.7 Å². The van der Waals surface area contributed by atoms with Gasteiger partial charge in [-0.2, -0.15) is 0 Å². The number of amides is 5. The van der Waals surface area contributed by atoms with E-state index in [1.54, 1.807) is 20.8 Å². The molecule has 2 saturated carbocycles. The molecule has 2 unspecified atom stereocenters. The molecule has 4 aliphatic rings. The Balaban J connectivity index is 1.19. The standard InChI is InChI=1S/C37H45N5O8S/c1-6-22-18-37(22,34(46)41-51(48,49)24-15-16-24)40-32(44)30-17-23(19-42(30)33(45)31(36(3,4)5)38-21(2)43)39-35(47)50-20-29-27-13-9-7-11-25(27)26-12-8-10-14-28(26)29/h6-14,22-24,29-31H,1,15-20H2,2-5H3,(H,38,43)(H,39,47)(H,40,44)(H,41,46)/t22?,23-,30+,31-,37?/m1/s1. The number of alkyl carbamates (subject to hydrolysis) is 1. The Morgan fingerprint density at radius 3 is 2.16 bits per heavy atom. The maximum Gasteiger partial charge on any atom is 0.407 e. The zero-order valence-electron chi connectivity index (χ0n) is 29.2. The highest BCUT2D eigenvalue weighted by Crippen LogP contribution is 2.46. The van der Waals surface area contributed by atoms with Crippen molar-refractivity contribution in [3.05, 3.63) is 72.3 Å². The van der Waals surface area contributed by atoms with Crippen molar-refractivity contribution in [3.63, 3.8) is 0 Å². The number of likely N-dealkylation sites (tertiary alicyclic amines) is 1. The first-order valence-electron chi connectivity index (χ1n) is 17.3. The number of sulfonamides is 1. The van der Waals surface area contributed by atoms with Crippen molar-refractivity contribution in [2.75, 3.05) is 13.2 Å². The number of nitrogens with one attached hydrogen (secondary N) is 4. The van der Waals surface area contributed by atoms with Gasteiger partial charge in [-0.25, -0.2) is 13.2 Å². The third-order valence-electron chi connectivity index (χ3n) is 10.3. The van der Waals surface area contributed by atoms with E-state index in [-0.39, 0.29) is 31.9 Å². The average Bonchev–Trinajstić information content (AvgIpc) is 3.98. The fourth-order valence-electron chi connectivity index (χ4n) is 7.28. The summed E-state index contributed by atoms with van der Waals surface area (Å²) in [6, 6.07) is 13.0. The molecule has 5 atom stereocenters. The maximum absolute atomic E-state index is 14.1. The summed E-state index contributed by atoms with van der Waals surface area (Å²) in [6.07, 6.45) is 1.78. The van der Waals surface area contributed by atoms with E-state index in [2.05, 4.69) is 27.3 Å². The van der Waals surface area contributed by atoms with Crippen molar-refractivity contribution in [2.45, 2.75) is 88.2 Å². The molecule has 1 heterocycles. The van der Waals surface area contributed by atoms with Gasteiger partial charge in [-0.05, 0) is 53.4 Å². The summed E-state index contributed by atoms with van der Waals surface area (Å²) in [5, 5.41) is 7.60. The topological polar surface area (TPSA) is 180 Å². The van der Waals surface area contributed by atoms with Crippen LogP contribution in [0.15, 0.2) is 61.2 Å². The fourth-order valence-corrected chi connectivity index (χ4v) is 8.64. The number of ether oxygens (including phenoxy) is 1. The van der Waals surface area contributed by atoms with E-state index < -0.39 is 80.0 Å². The minimum Gasteiger partial charge on any atom is -0.449 e. The van der Waals surface area contributed by atoms with Gasteiger partial charge in [-0.15, -0.1) is 6.58 Å². The second-order valence-corrected chi connectivity index (χ2v) is 17.1. The molecule has 2 aromatic rings. The van der Waals surface area contributed by atoms with Gasteiger partial charge >= 0.3 is 6.09 Å². The highest BCUT2D eigenvalue weighted by Gasteiger charge is 2.62. The molecule has 51 heavy (non-hydrogen) atoms. The van der Waals surface area contributed by atoms with Crippen molar-refractivity contribution >= 4 is 39.7 Å². The van der Waals surface area contributed by atoms with E-state index in [0.29, 0.717) is 12.8 Å². The maximum atomic E-state index is 14.1. The number of rotatable bonds is 11. The van der Waals surface area contributed by atoms with Gasteiger partial charge in [-0.1, -0.05) is 75.4 Å². The molecule has 1 saturated heterocycles. The molecule has 13 nitrogen and oxygen atoms in total. The summed E-state index contributed by atoms with van der Waals surface area (Å²) in [5.74, 6) is -3.23. The number of hydrogen-bond acceptors (Lipinski definition) is 8. The number of benzene rings is 2. The van der Waals surface area contributed by atoms with Crippen LogP contribution in [0.4, 0.5) is 4.79 Å². The number of carbonyl (C=O) groups excluding carboxylic acids is 5. The first-order chi connectivity index (χ1) is 24.1. The Bertz CT molecular complexity index is 1840. The van der Waals surface area contributed by atoms with Crippen LogP contribution in [0.25, 0.3) is 11.1 Å². The first kappa shape index (κ1) is 36.1. The average molecular weight is 720 g/mol. The highest BCUT2D eigenvalue weighted by molar-refractivity contribution is 7.91. The van der Waals surface area contributed by atoms with Crippen molar-refractivity contribution in [1.29, 1.82) is 0 Å². The lowest BCUT2D eigenvalue weighted by molar-refractivity contribution is -0.144. The summed E-state index contributed by atoms with van der Waals surface area (Å²) < 4.78 is 33.1. The SMILES string of the molecule is C=CC1CC1(NC(=O)[C@@H]1C[C@@H](NC(=O)OCC2c3ccccc3-c3ccccc32)CN1C(=O)[C@@H](NC(C)=O)C(C)(C)C)C(=O)NS(=O)(=O)C1CC1. The Labute approximate surface area is 298 Å². The van der Waals surface area contributed by atoms with Crippen molar-refractivity contribution in [2.24, 2.45) is 11.3 Å². The van der Waals surface area contributed by atoms with Crippen LogP contribution in [-0.2, 0) is 33.9 Å². The van der Waals surface area contributed by atoms with Gasteiger partial charge in [0.05, 0.1) is 11.3 Å². The largest absolute Gasteiger partial charge is 0.449 e. The van der Waals surface area contributed by atoms with E-state index in [4.69, 9.17) is 4.74 Å². The Hall–Kier alpha value is -4.72. The number of nitrogens with zero attached hydrogens (tertiary/aromatic N) is 1. The minimum absolute atomic E-state index is 0.0183. The molecule has 0 bridgehead atoms. The van der Waals surface area contributed by atoms with E-state index >= 15 is 0 Å². The van der Waals surface area contributed by atoms with Crippen LogP contribution in [-0.4, -0.2) is 85.1 Å². The second kappa shape index (κ2) is 13.4. The molecule has 3 fully saturated rings. The normalized spacial score (nSPS) is 24.4. The van der Waals surface area contributed by atoms with Gasteiger partial charge in [0, 0.05) is 25.3 Å². The molecule has 0 aromatic heterocycles. The Morgan fingerprint density at radius 2 is 1.63 bits per heavy atom. The third kappa shape index (κ3) is 7.23. The van der Waals surface area contributed by atoms with Gasteiger partial charge in [0.1, 0.15) is 24.2 Å². The second-order valence-electron chi connectivity index (χ2n) is 15.1. The molecular formula is C37H45N5O8S. The number of fused-ring (bicyclic) bond motifs is 3. The van der Waals surface area contributed by atoms with Gasteiger partial charge in [0.25, 0.3) is 5.91 Å². The van der Waals surface area contributed by atoms with Crippen LogP contribution in [0.3, 0.4) is 0 Å². The van der Waals surface area contributed by atoms with Crippen molar-refractivity contribution < 1.29 is 37.1 Å². The smallest absolute Gasteiger partial charge is 0.407 e. The molecular weight excluding hydrogens is 675 g/mol. The molecule has 2 aromatic carbocycles.